The topological polar surface area (TPSA) is 74.8 Å². The zero-order valence-electron chi connectivity index (χ0n) is 8.31. The van der Waals surface area contributed by atoms with Crippen LogP contribution in [0.25, 0.3) is 0 Å². The highest BCUT2D eigenvalue weighted by Crippen LogP contribution is 2.22. The molecule has 0 bridgehead atoms. The van der Waals surface area contributed by atoms with E-state index in [0.717, 1.165) is 3.57 Å². The average molecular weight is 428 g/mol. The lowest BCUT2D eigenvalue weighted by Crippen LogP contribution is -2.13. The lowest BCUT2D eigenvalue weighted by molar-refractivity contribution is 0.601. The van der Waals surface area contributed by atoms with Crippen molar-refractivity contribution in [3.8, 4) is 0 Å². The molecule has 2 aromatic rings. The number of benzene rings is 1. The van der Waals surface area contributed by atoms with Crippen molar-refractivity contribution in [3.05, 3.63) is 38.5 Å². The molecule has 8 heteroatoms. The van der Waals surface area contributed by atoms with Crippen molar-refractivity contribution >= 4 is 54.4 Å². The van der Waals surface area contributed by atoms with Crippen LogP contribution in [0.3, 0.4) is 0 Å². The molecule has 5 nitrogen and oxygen atoms in total. The first-order valence-corrected chi connectivity index (χ1v) is 7.82. The molecule has 0 aliphatic carbocycles. The lowest BCUT2D eigenvalue weighted by Gasteiger charge is -2.06. The normalized spacial score (nSPS) is 11.4. The van der Waals surface area contributed by atoms with E-state index in [4.69, 9.17) is 0 Å². The number of sulfonamides is 1. The van der Waals surface area contributed by atoms with Crippen LogP contribution in [0, 0.1) is 3.57 Å². The Bertz CT molecular complexity index is 624. The summed E-state index contributed by atoms with van der Waals surface area (Å²) in [4.78, 5) is 0.208. The number of H-pyrrole nitrogens is 1. The van der Waals surface area contributed by atoms with Crippen molar-refractivity contribution in [2.45, 2.75) is 4.90 Å². The number of aromatic amines is 1. The summed E-state index contributed by atoms with van der Waals surface area (Å²) in [5, 5.41) is 6.27. The van der Waals surface area contributed by atoms with E-state index < -0.39 is 10.0 Å². The number of hydrogen-bond donors (Lipinski definition) is 2. The summed E-state index contributed by atoms with van der Waals surface area (Å²) in [6.45, 7) is 0. The highest BCUT2D eigenvalue weighted by molar-refractivity contribution is 14.1. The molecular formula is C9H7BrIN3O2S. The summed E-state index contributed by atoms with van der Waals surface area (Å²) in [5.74, 6) is 0.309. The molecule has 0 radical (unpaired) electrons. The first-order chi connectivity index (χ1) is 7.99. The highest BCUT2D eigenvalue weighted by Gasteiger charge is 2.16. The van der Waals surface area contributed by atoms with Gasteiger partial charge in [0.1, 0.15) is 5.82 Å². The third kappa shape index (κ3) is 2.99. The first kappa shape index (κ1) is 12.8. The van der Waals surface area contributed by atoms with Gasteiger partial charge in [-0.3, -0.25) is 9.82 Å². The van der Waals surface area contributed by atoms with Gasteiger partial charge in [0.05, 0.1) is 15.6 Å². The second-order valence-electron chi connectivity index (χ2n) is 3.15. The minimum Gasteiger partial charge on any atom is -0.263 e. The molecule has 90 valence electrons. The van der Waals surface area contributed by atoms with Crippen LogP contribution in [0.1, 0.15) is 0 Å². The van der Waals surface area contributed by atoms with Crippen molar-refractivity contribution in [2.75, 3.05) is 4.72 Å². The fraction of sp³-hybridized carbons (Fsp3) is 0. The molecule has 0 amide bonds. The third-order valence-electron chi connectivity index (χ3n) is 1.95. The molecule has 2 N–H and O–H groups in total. The third-order valence-corrected chi connectivity index (χ3v) is 4.64. The zero-order valence-corrected chi connectivity index (χ0v) is 12.9. The molecule has 0 fully saturated rings. The van der Waals surface area contributed by atoms with E-state index in [1.807, 2.05) is 0 Å². The van der Waals surface area contributed by atoms with Gasteiger partial charge in [-0.2, -0.15) is 5.10 Å². The number of halogens is 2. The molecular weight excluding hydrogens is 421 g/mol. The Morgan fingerprint density at radius 1 is 1.29 bits per heavy atom. The number of nitrogens with one attached hydrogen (secondary N) is 2. The Morgan fingerprint density at radius 2 is 1.94 bits per heavy atom. The molecule has 2 rings (SSSR count). The SMILES string of the molecule is O=S(=O)(Nc1[nH]ncc1Br)c1ccc(I)cc1. The maximum Gasteiger partial charge on any atom is 0.263 e. The van der Waals surface area contributed by atoms with Crippen LogP contribution < -0.4 is 4.72 Å². The van der Waals surface area contributed by atoms with E-state index in [2.05, 4.69) is 53.4 Å². The Hall–Kier alpha value is -0.610. The largest absolute Gasteiger partial charge is 0.263 e. The van der Waals surface area contributed by atoms with Gasteiger partial charge in [0, 0.05) is 3.57 Å². The monoisotopic (exact) mass is 427 g/mol. The molecule has 0 aliphatic heterocycles. The number of aromatic nitrogens is 2. The van der Waals surface area contributed by atoms with E-state index in [0.29, 0.717) is 10.3 Å². The average Bonchev–Trinajstić information content (AvgIpc) is 2.64. The maximum atomic E-state index is 12.0. The van der Waals surface area contributed by atoms with Gasteiger partial charge < -0.3 is 0 Å². The Morgan fingerprint density at radius 3 is 2.47 bits per heavy atom. The Balaban J connectivity index is 2.31. The van der Waals surface area contributed by atoms with Gasteiger partial charge in [0.2, 0.25) is 0 Å². The van der Waals surface area contributed by atoms with E-state index >= 15 is 0 Å². The van der Waals surface area contributed by atoms with Crippen LogP contribution >= 0.6 is 38.5 Å². The van der Waals surface area contributed by atoms with Gasteiger partial charge >= 0.3 is 0 Å². The van der Waals surface area contributed by atoms with Crippen LogP contribution in [-0.2, 0) is 10.0 Å². The van der Waals surface area contributed by atoms with Crippen molar-refractivity contribution < 1.29 is 8.42 Å². The molecule has 1 heterocycles. The number of anilines is 1. The molecule has 1 aromatic heterocycles. The summed E-state index contributed by atoms with van der Waals surface area (Å²) in [5.41, 5.74) is 0. The quantitative estimate of drug-likeness (QED) is 0.739. The molecule has 0 aliphatic rings. The fourth-order valence-corrected chi connectivity index (χ4v) is 2.97. The zero-order chi connectivity index (χ0) is 12.5. The summed E-state index contributed by atoms with van der Waals surface area (Å²) in [6, 6.07) is 6.57. The fourth-order valence-electron chi connectivity index (χ4n) is 1.15. The number of hydrogen-bond acceptors (Lipinski definition) is 3. The van der Waals surface area contributed by atoms with Gasteiger partial charge in [-0.25, -0.2) is 8.42 Å². The van der Waals surface area contributed by atoms with Gasteiger partial charge in [-0.15, -0.1) is 0 Å². The summed E-state index contributed by atoms with van der Waals surface area (Å²) in [6.07, 6.45) is 1.48. The minimum absolute atomic E-state index is 0.208. The van der Waals surface area contributed by atoms with E-state index in [9.17, 15) is 8.42 Å². The van der Waals surface area contributed by atoms with Gasteiger partial charge in [-0.1, -0.05) is 0 Å². The Labute approximate surface area is 120 Å². The number of nitrogens with zero attached hydrogens (tertiary/aromatic N) is 1. The molecule has 0 unspecified atom stereocenters. The summed E-state index contributed by atoms with van der Waals surface area (Å²) < 4.78 is 27.9. The molecule has 17 heavy (non-hydrogen) atoms. The van der Waals surface area contributed by atoms with Gasteiger partial charge in [0.25, 0.3) is 10.0 Å². The van der Waals surface area contributed by atoms with Crippen LogP contribution in [0.5, 0.6) is 0 Å². The van der Waals surface area contributed by atoms with Crippen molar-refractivity contribution in [1.29, 1.82) is 0 Å². The predicted octanol–water partition coefficient (Wildman–Crippen LogP) is 2.58. The van der Waals surface area contributed by atoms with E-state index in [-0.39, 0.29) is 4.90 Å². The van der Waals surface area contributed by atoms with Gasteiger partial charge in [-0.05, 0) is 62.8 Å². The predicted molar refractivity (Wildman–Crippen MR) is 76.3 cm³/mol. The van der Waals surface area contributed by atoms with Crippen LogP contribution in [0.4, 0.5) is 5.82 Å². The maximum absolute atomic E-state index is 12.0. The molecule has 0 saturated carbocycles. The van der Waals surface area contributed by atoms with E-state index in [1.54, 1.807) is 24.3 Å². The molecule has 0 saturated heterocycles. The standard InChI is InChI=1S/C9H7BrIN3O2S/c10-8-5-12-13-9(8)14-17(15,16)7-3-1-6(11)2-4-7/h1-5H,(H2,12,13,14). The lowest BCUT2D eigenvalue weighted by atomic mass is 10.4. The van der Waals surface area contributed by atoms with Crippen LogP contribution in [0.15, 0.2) is 39.8 Å². The Kier molecular flexibility index (Phi) is 3.73. The first-order valence-electron chi connectivity index (χ1n) is 4.46. The van der Waals surface area contributed by atoms with Crippen LogP contribution in [-0.4, -0.2) is 18.6 Å². The summed E-state index contributed by atoms with van der Waals surface area (Å²) >= 11 is 5.29. The van der Waals surface area contributed by atoms with Crippen molar-refractivity contribution in [3.63, 3.8) is 0 Å². The second kappa shape index (κ2) is 4.94. The minimum atomic E-state index is -3.58. The highest BCUT2D eigenvalue weighted by atomic mass is 127. The van der Waals surface area contributed by atoms with Crippen molar-refractivity contribution in [2.24, 2.45) is 0 Å². The van der Waals surface area contributed by atoms with Crippen LogP contribution in [0.2, 0.25) is 0 Å². The smallest absolute Gasteiger partial charge is 0.263 e. The molecule has 1 aromatic carbocycles. The molecule has 0 atom stereocenters. The molecule has 0 spiro atoms. The van der Waals surface area contributed by atoms with Gasteiger partial charge in [0.15, 0.2) is 0 Å². The second-order valence-corrected chi connectivity index (χ2v) is 6.93. The van der Waals surface area contributed by atoms with Crippen molar-refractivity contribution in [1.82, 2.24) is 10.2 Å². The summed E-state index contributed by atoms with van der Waals surface area (Å²) in [7, 11) is -3.58. The number of rotatable bonds is 3. The van der Waals surface area contributed by atoms with E-state index in [1.165, 1.54) is 6.20 Å².